The van der Waals surface area contributed by atoms with Crippen molar-refractivity contribution in [1.29, 1.82) is 0 Å². The first-order valence-corrected chi connectivity index (χ1v) is 13.0. The molecule has 34 heavy (non-hydrogen) atoms. The molecule has 1 aliphatic heterocycles. The lowest BCUT2D eigenvalue weighted by atomic mass is 10.2. The number of anilines is 2. The number of amides is 1. The lowest BCUT2D eigenvalue weighted by Crippen LogP contribution is -2.45. The van der Waals surface area contributed by atoms with Gasteiger partial charge in [0.1, 0.15) is 0 Å². The van der Waals surface area contributed by atoms with Gasteiger partial charge in [-0.1, -0.05) is 48.2 Å². The Balaban J connectivity index is 1.07. The van der Waals surface area contributed by atoms with E-state index in [0.717, 1.165) is 43.3 Å². The van der Waals surface area contributed by atoms with Crippen LogP contribution in [0.4, 0.5) is 11.4 Å². The number of carbonyl (C=O) groups excluding carboxylic acids is 1. The molecular formula is C25H25N5O2S2. The number of nitrogens with one attached hydrogen (secondary N) is 1. The van der Waals surface area contributed by atoms with Crippen molar-refractivity contribution in [3.8, 4) is 10.8 Å². The average molecular weight is 492 g/mol. The van der Waals surface area contributed by atoms with E-state index in [2.05, 4.69) is 67.8 Å². The molecule has 0 spiro atoms. The first-order valence-electron chi connectivity index (χ1n) is 11.1. The van der Waals surface area contributed by atoms with Crippen molar-refractivity contribution in [1.82, 2.24) is 15.1 Å². The van der Waals surface area contributed by atoms with Crippen LogP contribution in [0.1, 0.15) is 5.56 Å². The third-order valence-corrected chi connectivity index (χ3v) is 7.28. The van der Waals surface area contributed by atoms with Crippen molar-refractivity contribution in [2.45, 2.75) is 11.8 Å². The van der Waals surface area contributed by atoms with Crippen molar-refractivity contribution < 1.29 is 9.21 Å². The minimum absolute atomic E-state index is 0.108. The molecule has 5 rings (SSSR count). The Kier molecular flexibility index (Phi) is 7.23. The van der Waals surface area contributed by atoms with Crippen LogP contribution in [0.2, 0.25) is 0 Å². The number of benzene rings is 2. The Hall–Kier alpha value is -3.14. The summed E-state index contributed by atoms with van der Waals surface area (Å²) in [6, 6.07) is 22.5. The molecule has 1 fully saturated rings. The zero-order chi connectivity index (χ0) is 23.2. The van der Waals surface area contributed by atoms with Crippen LogP contribution >= 0.6 is 23.1 Å². The molecule has 0 atom stereocenters. The van der Waals surface area contributed by atoms with Crippen molar-refractivity contribution in [3.63, 3.8) is 0 Å². The molecule has 3 heterocycles. The third kappa shape index (κ3) is 5.85. The highest BCUT2D eigenvalue weighted by atomic mass is 32.2. The van der Waals surface area contributed by atoms with E-state index in [1.807, 2.05) is 29.6 Å². The summed E-state index contributed by atoms with van der Waals surface area (Å²) >= 11 is 2.77. The third-order valence-electron chi connectivity index (χ3n) is 5.60. The van der Waals surface area contributed by atoms with Gasteiger partial charge in [-0.05, 0) is 41.3 Å². The van der Waals surface area contributed by atoms with E-state index >= 15 is 0 Å². The highest BCUT2D eigenvalue weighted by Gasteiger charge is 2.17. The van der Waals surface area contributed by atoms with Crippen LogP contribution in [0.15, 0.2) is 81.8 Å². The van der Waals surface area contributed by atoms with Gasteiger partial charge in [0.05, 0.1) is 10.6 Å². The van der Waals surface area contributed by atoms with E-state index < -0.39 is 0 Å². The predicted molar refractivity (Wildman–Crippen MR) is 137 cm³/mol. The fraction of sp³-hybridized carbons (Fsp3) is 0.240. The normalized spacial score (nSPS) is 14.3. The van der Waals surface area contributed by atoms with Crippen molar-refractivity contribution >= 4 is 40.4 Å². The topological polar surface area (TPSA) is 74.5 Å². The zero-order valence-corrected chi connectivity index (χ0v) is 20.2. The SMILES string of the molecule is O=C(CSc1nnc(-c2cccs2)o1)Nc1ccc(N2CCN(Cc3ccccc3)CC2)cc1. The van der Waals surface area contributed by atoms with Gasteiger partial charge in [0.2, 0.25) is 5.91 Å². The molecule has 1 saturated heterocycles. The van der Waals surface area contributed by atoms with E-state index in [1.54, 1.807) is 0 Å². The molecule has 2 aromatic carbocycles. The van der Waals surface area contributed by atoms with Gasteiger partial charge in [0.25, 0.3) is 11.1 Å². The standard InChI is InChI=1S/C25H25N5O2S2/c31-23(18-34-25-28-27-24(32-25)22-7-4-16-33-22)26-20-8-10-21(11-9-20)30-14-12-29(13-15-30)17-19-5-2-1-3-6-19/h1-11,16H,12-15,17-18H2,(H,26,31). The average Bonchev–Trinajstić information content (AvgIpc) is 3.57. The molecule has 0 aliphatic carbocycles. The molecule has 0 unspecified atom stereocenters. The first kappa shape index (κ1) is 22.6. The Morgan fingerprint density at radius 2 is 1.76 bits per heavy atom. The minimum atomic E-state index is -0.108. The van der Waals surface area contributed by atoms with Crippen LogP contribution in [0.5, 0.6) is 0 Å². The van der Waals surface area contributed by atoms with Crippen molar-refractivity contribution in [2.75, 3.05) is 42.1 Å². The predicted octanol–water partition coefficient (Wildman–Crippen LogP) is 4.85. The molecule has 174 valence electrons. The van der Waals surface area contributed by atoms with Gasteiger partial charge >= 0.3 is 0 Å². The van der Waals surface area contributed by atoms with Crippen LogP contribution in [-0.4, -0.2) is 52.9 Å². The van der Waals surface area contributed by atoms with Gasteiger partial charge in [-0.2, -0.15) is 0 Å². The Labute approximate surface area is 206 Å². The molecule has 9 heteroatoms. The van der Waals surface area contributed by atoms with E-state index in [4.69, 9.17) is 4.42 Å². The molecule has 2 aromatic heterocycles. The number of hydrogen-bond acceptors (Lipinski definition) is 8. The fourth-order valence-corrected chi connectivity index (χ4v) is 5.06. The molecule has 1 aliphatic rings. The number of thioether (sulfide) groups is 1. The maximum atomic E-state index is 12.4. The number of rotatable bonds is 8. The van der Waals surface area contributed by atoms with E-state index in [-0.39, 0.29) is 11.7 Å². The summed E-state index contributed by atoms with van der Waals surface area (Å²) in [5.41, 5.74) is 3.32. The molecule has 1 N–H and O–H groups in total. The van der Waals surface area contributed by atoms with Gasteiger partial charge in [0, 0.05) is 44.1 Å². The lowest BCUT2D eigenvalue weighted by Gasteiger charge is -2.36. The highest BCUT2D eigenvalue weighted by Crippen LogP contribution is 2.26. The smallest absolute Gasteiger partial charge is 0.277 e. The maximum Gasteiger partial charge on any atom is 0.277 e. The molecule has 1 amide bonds. The van der Waals surface area contributed by atoms with Crippen LogP contribution in [0, 0.1) is 0 Å². The van der Waals surface area contributed by atoms with Crippen molar-refractivity contribution in [3.05, 3.63) is 77.7 Å². The second-order valence-electron chi connectivity index (χ2n) is 7.98. The second kappa shape index (κ2) is 10.9. The summed E-state index contributed by atoms with van der Waals surface area (Å²) in [5.74, 6) is 0.578. The Morgan fingerprint density at radius 1 is 0.971 bits per heavy atom. The van der Waals surface area contributed by atoms with Crippen molar-refractivity contribution in [2.24, 2.45) is 0 Å². The molecular weight excluding hydrogens is 466 g/mol. The summed E-state index contributed by atoms with van der Waals surface area (Å²) in [5, 5.41) is 13.3. The lowest BCUT2D eigenvalue weighted by molar-refractivity contribution is -0.113. The summed E-state index contributed by atoms with van der Waals surface area (Å²) < 4.78 is 5.61. The maximum absolute atomic E-state index is 12.4. The molecule has 0 bridgehead atoms. The highest BCUT2D eigenvalue weighted by molar-refractivity contribution is 7.99. The van der Waals surface area contributed by atoms with Crippen LogP contribution in [0.25, 0.3) is 10.8 Å². The fourth-order valence-electron chi connectivity index (χ4n) is 3.85. The first-order chi connectivity index (χ1) is 16.7. The summed E-state index contributed by atoms with van der Waals surface area (Å²) in [6.45, 7) is 5.05. The largest absolute Gasteiger partial charge is 0.410 e. The van der Waals surface area contributed by atoms with Gasteiger partial charge in [0.15, 0.2) is 0 Å². The quantitative estimate of drug-likeness (QED) is 0.353. The Morgan fingerprint density at radius 3 is 2.50 bits per heavy atom. The number of hydrogen-bond donors (Lipinski definition) is 1. The number of nitrogens with zero attached hydrogens (tertiary/aromatic N) is 4. The summed E-state index contributed by atoms with van der Waals surface area (Å²) in [4.78, 5) is 18.2. The van der Waals surface area contributed by atoms with E-state index in [0.29, 0.717) is 11.1 Å². The van der Waals surface area contributed by atoms with Crippen LogP contribution in [0.3, 0.4) is 0 Å². The van der Waals surface area contributed by atoms with Crippen LogP contribution < -0.4 is 10.2 Å². The number of piperazine rings is 1. The van der Waals surface area contributed by atoms with Gasteiger partial charge in [-0.15, -0.1) is 21.5 Å². The van der Waals surface area contributed by atoms with E-state index in [9.17, 15) is 4.79 Å². The zero-order valence-electron chi connectivity index (χ0n) is 18.6. The second-order valence-corrected chi connectivity index (χ2v) is 9.86. The van der Waals surface area contributed by atoms with Gasteiger partial charge < -0.3 is 14.6 Å². The van der Waals surface area contributed by atoms with Gasteiger partial charge in [-0.3, -0.25) is 9.69 Å². The number of aromatic nitrogens is 2. The molecule has 0 radical (unpaired) electrons. The summed E-state index contributed by atoms with van der Waals surface area (Å²) in [7, 11) is 0. The molecule has 4 aromatic rings. The monoisotopic (exact) mass is 491 g/mol. The van der Waals surface area contributed by atoms with Gasteiger partial charge in [-0.25, -0.2) is 0 Å². The number of carbonyl (C=O) groups is 1. The Bertz CT molecular complexity index is 1190. The number of thiophene rings is 1. The minimum Gasteiger partial charge on any atom is -0.410 e. The van der Waals surface area contributed by atoms with Crippen LogP contribution in [-0.2, 0) is 11.3 Å². The van der Waals surface area contributed by atoms with E-state index in [1.165, 1.54) is 34.3 Å². The molecule has 7 nitrogen and oxygen atoms in total. The summed E-state index contributed by atoms with van der Waals surface area (Å²) in [6.07, 6.45) is 0. The molecule has 0 saturated carbocycles.